The van der Waals surface area contributed by atoms with E-state index in [4.69, 9.17) is 18.0 Å². The number of nitrogens with two attached hydrogens (primary N) is 1. The summed E-state index contributed by atoms with van der Waals surface area (Å²) in [5.41, 5.74) is 6.24. The second kappa shape index (κ2) is 6.44. The summed E-state index contributed by atoms with van der Waals surface area (Å²) in [5.74, 6) is -0.376. The molecule has 0 aliphatic heterocycles. The highest BCUT2D eigenvalue weighted by Crippen LogP contribution is 2.07. The maximum absolute atomic E-state index is 12.8. The van der Waals surface area contributed by atoms with Crippen molar-refractivity contribution in [2.45, 2.75) is 26.3 Å². The molecule has 0 aromatic heterocycles. The zero-order chi connectivity index (χ0) is 13.7. The lowest BCUT2D eigenvalue weighted by atomic mass is 10.1. The quantitative estimate of drug-likeness (QED) is 0.830. The minimum Gasteiger partial charge on any atom is -0.392 e. The maximum Gasteiger partial charge on any atom is 0.227 e. The Morgan fingerprint density at radius 1 is 1.39 bits per heavy atom. The molecule has 0 fully saturated rings. The van der Waals surface area contributed by atoms with Crippen molar-refractivity contribution in [2.24, 2.45) is 5.73 Å². The van der Waals surface area contributed by atoms with Crippen LogP contribution in [-0.4, -0.2) is 28.4 Å². The van der Waals surface area contributed by atoms with Gasteiger partial charge in [0.15, 0.2) is 0 Å². The van der Waals surface area contributed by atoms with Gasteiger partial charge in [-0.25, -0.2) is 4.39 Å². The van der Waals surface area contributed by atoms with E-state index in [1.54, 1.807) is 17.0 Å². The van der Waals surface area contributed by atoms with Crippen LogP contribution in [0.5, 0.6) is 0 Å². The zero-order valence-electron chi connectivity index (χ0n) is 10.5. The van der Waals surface area contributed by atoms with Crippen molar-refractivity contribution in [1.82, 2.24) is 4.90 Å². The molecular weight excluding hydrogens is 251 g/mol. The molecule has 0 bridgehead atoms. The van der Waals surface area contributed by atoms with E-state index in [2.05, 4.69) is 0 Å². The summed E-state index contributed by atoms with van der Waals surface area (Å²) in [6.45, 7) is 4.08. The predicted molar refractivity (Wildman–Crippen MR) is 73.7 cm³/mol. The molecule has 0 unspecified atom stereocenters. The molecule has 1 amide bonds. The number of rotatable bonds is 5. The van der Waals surface area contributed by atoms with Crippen LogP contribution in [0, 0.1) is 5.82 Å². The van der Waals surface area contributed by atoms with Gasteiger partial charge in [0.2, 0.25) is 5.91 Å². The summed E-state index contributed by atoms with van der Waals surface area (Å²) in [4.78, 5) is 14.0. The predicted octanol–water partition coefficient (Wildman–Crippen LogP) is 1.89. The van der Waals surface area contributed by atoms with Gasteiger partial charge >= 0.3 is 0 Å². The summed E-state index contributed by atoms with van der Waals surface area (Å²) >= 11 is 4.83. The van der Waals surface area contributed by atoms with Gasteiger partial charge in [-0.3, -0.25) is 4.79 Å². The molecule has 98 valence electrons. The zero-order valence-corrected chi connectivity index (χ0v) is 11.3. The number of benzene rings is 1. The molecule has 1 rings (SSSR count). The molecule has 0 spiro atoms. The molecule has 0 saturated carbocycles. The number of hydrogen-bond acceptors (Lipinski definition) is 2. The van der Waals surface area contributed by atoms with E-state index in [9.17, 15) is 9.18 Å². The van der Waals surface area contributed by atoms with E-state index in [0.29, 0.717) is 0 Å². The molecule has 0 heterocycles. The van der Waals surface area contributed by atoms with E-state index in [0.717, 1.165) is 5.56 Å². The fourth-order valence-corrected chi connectivity index (χ4v) is 1.74. The smallest absolute Gasteiger partial charge is 0.227 e. The first kappa shape index (κ1) is 14.6. The number of carbonyl (C=O) groups excluding carboxylic acids is 1. The van der Waals surface area contributed by atoms with Crippen LogP contribution in [0.3, 0.4) is 0 Å². The maximum atomic E-state index is 12.8. The van der Waals surface area contributed by atoms with Crippen LogP contribution in [-0.2, 0) is 11.2 Å². The van der Waals surface area contributed by atoms with Crippen molar-refractivity contribution in [3.8, 4) is 0 Å². The first-order valence-corrected chi connectivity index (χ1v) is 6.13. The monoisotopic (exact) mass is 268 g/mol. The molecule has 0 saturated heterocycles. The van der Waals surface area contributed by atoms with Gasteiger partial charge in [0, 0.05) is 6.04 Å². The fraction of sp³-hybridized carbons (Fsp3) is 0.385. The molecule has 5 heteroatoms. The van der Waals surface area contributed by atoms with Crippen LogP contribution in [0.4, 0.5) is 4.39 Å². The van der Waals surface area contributed by atoms with Crippen molar-refractivity contribution in [3.63, 3.8) is 0 Å². The molecule has 2 N–H and O–H groups in total. The third-order valence-electron chi connectivity index (χ3n) is 2.54. The highest BCUT2D eigenvalue weighted by molar-refractivity contribution is 7.80. The van der Waals surface area contributed by atoms with Crippen molar-refractivity contribution < 1.29 is 9.18 Å². The topological polar surface area (TPSA) is 46.3 Å². The lowest BCUT2D eigenvalue weighted by Gasteiger charge is -2.26. The Labute approximate surface area is 112 Å². The second-order valence-corrected chi connectivity index (χ2v) is 4.91. The summed E-state index contributed by atoms with van der Waals surface area (Å²) < 4.78 is 12.8. The van der Waals surface area contributed by atoms with Crippen LogP contribution >= 0.6 is 12.2 Å². The highest BCUT2D eigenvalue weighted by Gasteiger charge is 2.17. The number of hydrogen-bond donors (Lipinski definition) is 1. The fourth-order valence-electron chi connectivity index (χ4n) is 1.61. The van der Waals surface area contributed by atoms with Crippen LogP contribution in [0.1, 0.15) is 19.4 Å². The van der Waals surface area contributed by atoms with Gasteiger partial charge in [-0.05, 0) is 31.5 Å². The SMILES string of the molecule is CC(C)N(CC(N)=S)C(=O)Cc1ccc(F)cc1. The lowest BCUT2D eigenvalue weighted by molar-refractivity contribution is -0.131. The van der Waals surface area contributed by atoms with Gasteiger partial charge in [0.05, 0.1) is 18.0 Å². The number of amides is 1. The lowest BCUT2D eigenvalue weighted by Crippen LogP contribution is -2.42. The van der Waals surface area contributed by atoms with E-state index in [1.165, 1.54) is 12.1 Å². The minimum absolute atomic E-state index is 0.0273. The average Bonchev–Trinajstić information content (AvgIpc) is 2.28. The Bertz CT molecular complexity index is 431. The Kier molecular flexibility index (Phi) is 5.22. The van der Waals surface area contributed by atoms with Crippen LogP contribution in [0.25, 0.3) is 0 Å². The summed E-state index contributed by atoms with van der Waals surface area (Å²) in [6.07, 6.45) is 0.223. The average molecular weight is 268 g/mol. The third kappa shape index (κ3) is 4.41. The van der Waals surface area contributed by atoms with E-state index in [-0.39, 0.29) is 35.7 Å². The summed E-state index contributed by atoms with van der Waals surface area (Å²) in [6, 6.07) is 5.92. The van der Waals surface area contributed by atoms with Gasteiger partial charge in [0.1, 0.15) is 5.82 Å². The largest absolute Gasteiger partial charge is 0.392 e. The van der Waals surface area contributed by atoms with Gasteiger partial charge in [-0.2, -0.15) is 0 Å². The van der Waals surface area contributed by atoms with Crippen molar-refractivity contribution in [3.05, 3.63) is 35.6 Å². The van der Waals surface area contributed by atoms with Crippen LogP contribution < -0.4 is 5.73 Å². The standard InChI is InChI=1S/C13H17FN2OS/c1-9(2)16(8-12(15)18)13(17)7-10-3-5-11(14)6-4-10/h3-6,9H,7-8H2,1-2H3,(H2,15,18). The van der Waals surface area contributed by atoms with E-state index in [1.807, 2.05) is 13.8 Å². The minimum atomic E-state index is -0.310. The van der Waals surface area contributed by atoms with Crippen molar-refractivity contribution in [1.29, 1.82) is 0 Å². The molecule has 1 aromatic rings. The molecule has 0 atom stereocenters. The van der Waals surface area contributed by atoms with Crippen molar-refractivity contribution >= 4 is 23.1 Å². The number of thiocarbonyl (C=S) groups is 1. The molecule has 0 aliphatic rings. The third-order valence-corrected chi connectivity index (χ3v) is 2.67. The van der Waals surface area contributed by atoms with Crippen LogP contribution in [0.15, 0.2) is 24.3 Å². The summed E-state index contributed by atoms with van der Waals surface area (Å²) in [7, 11) is 0. The summed E-state index contributed by atoms with van der Waals surface area (Å²) in [5, 5.41) is 0. The van der Waals surface area contributed by atoms with Gasteiger partial charge in [-0.1, -0.05) is 24.4 Å². The van der Waals surface area contributed by atoms with E-state index >= 15 is 0 Å². The van der Waals surface area contributed by atoms with Gasteiger partial charge in [0.25, 0.3) is 0 Å². The molecule has 0 aliphatic carbocycles. The number of nitrogens with zero attached hydrogens (tertiary/aromatic N) is 1. The second-order valence-electron chi connectivity index (χ2n) is 4.38. The molecule has 3 nitrogen and oxygen atoms in total. The highest BCUT2D eigenvalue weighted by atomic mass is 32.1. The van der Waals surface area contributed by atoms with Crippen molar-refractivity contribution in [2.75, 3.05) is 6.54 Å². The molecule has 0 radical (unpaired) electrons. The van der Waals surface area contributed by atoms with Crippen LogP contribution in [0.2, 0.25) is 0 Å². The first-order valence-electron chi connectivity index (χ1n) is 5.72. The molecule has 18 heavy (non-hydrogen) atoms. The Morgan fingerprint density at radius 2 is 1.94 bits per heavy atom. The normalized spacial score (nSPS) is 10.4. The number of halogens is 1. The Balaban J connectivity index is 2.72. The molecule has 1 aromatic carbocycles. The van der Waals surface area contributed by atoms with Gasteiger partial charge in [-0.15, -0.1) is 0 Å². The van der Waals surface area contributed by atoms with Gasteiger partial charge < -0.3 is 10.6 Å². The number of carbonyl (C=O) groups is 1. The Hall–Kier alpha value is -1.49. The van der Waals surface area contributed by atoms with E-state index < -0.39 is 0 Å². The first-order chi connectivity index (χ1) is 8.40. The Morgan fingerprint density at radius 3 is 2.39 bits per heavy atom. The molecular formula is C13H17FN2OS.